The highest BCUT2D eigenvalue weighted by atomic mass is 16.5. The third-order valence-corrected chi connectivity index (χ3v) is 3.83. The number of benzene rings is 1. The third-order valence-electron chi connectivity index (χ3n) is 3.83. The minimum absolute atomic E-state index is 0.102. The highest BCUT2D eigenvalue weighted by Gasteiger charge is 2.22. The van der Waals surface area contributed by atoms with E-state index in [0.717, 1.165) is 24.3 Å². The molecule has 0 fully saturated rings. The van der Waals surface area contributed by atoms with Gasteiger partial charge in [-0.1, -0.05) is 5.16 Å². The molecule has 7 nitrogen and oxygen atoms in total. The van der Waals surface area contributed by atoms with E-state index in [4.69, 9.17) is 9.26 Å². The Labute approximate surface area is 131 Å². The van der Waals surface area contributed by atoms with Crippen molar-refractivity contribution in [3.63, 3.8) is 0 Å². The predicted octanol–water partition coefficient (Wildman–Crippen LogP) is 2.59. The average molecular weight is 310 g/mol. The molecule has 3 aromatic rings. The molecule has 0 saturated carbocycles. The number of Topliss-reactive ketones (excluding diaryl/α,β-unsaturated/α-hetero) is 1. The predicted molar refractivity (Wildman–Crippen MR) is 81.1 cm³/mol. The first-order chi connectivity index (χ1) is 11.2. The second-order valence-corrected chi connectivity index (χ2v) is 5.32. The maximum atomic E-state index is 11.9. The van der Waals surface area contributed by atoms with Crippen molar-refractivity contribution in [2.45, 2.75) is 19.4 Å². The van der Waals surface area contributed by atoms with Crippen molar-refractivity contribution in [2.24, 2.45) is 0 Å². The van der Waals surface area contributed by atoms with Crippen molar-refractivity contribution >= 4 is 5.78 Å². The van der Waals surface area contributed by atoms with Crippen LogP contribution in [0.4, 0.5) is 0 Å². The second kappa shape index (κ2) is 5.35. The Morgan fingerprint density at radius 1 is 1.26 bits per heavy atom. The molecule has 7 heteroatoms. The fraction of sp³-hybridized carbons (Fsp3) is 0.250. The van der Waals surface area contributed by atoms with E-state index in [1.807, 2.05) is 24.3 Å². The third kappa shape index (κ3) is 2.40. The molecule has 116 valence electrons. The van der Waals surface area contributed by atoms with Crippen molar-refractivity contribution in [2.75, 3.05) is 7.11 Å². The number of fused-ring (bicyclic) bond motifs is 1. The molecule has 1 aliphatic heterocycles. The van der Waals surface area contributed by atoms with E-state index in [0.29, 0.717) is 29.5 Å². The minimum atomic E-state index is 0.102. The maximum Gasteiger partial charge on any atom is 0.278 e. The average Bonchev–Trinajstić information content (AvgIpc) is 3.22. The number of carbonyl (C=O) groups is 1. The molecule has 0 N–H and O–H groups in total. The first-order valence-corrected chi connectivity index (χ1v) is 7.34. The SMILES string of the molecule is COc1ccc(-c2noc(-c3cc4n(n3)CCCC4=O)n2)cc1. The number of carbonyl (C=O) groups excluding carboxylic acids is 1. The highest BCUT2D eigenvalue weighted by molar-refractivity contribution is 5.95. The van der Waals surface area contributed by atoms with Crippen molar-refractivity contribution in [1.29, 1.82) is 0 Å². The topological polar surface area (TPSA) is 83.0 Å². The fourth-order valence-corrected chi connectivity index (χ4v) is 2.62. The molecule has 0 saturated heterocycles. The van der Waals surface area contributed by atoms with E-state index in [9.17, 15) is 4.79 Å². The van der Waals surface area contributed by atoms with Crippen LogP contribution in [0, 0.1) is 0 Å². The molecular weight excluding hydrogens is 296 g/mol. The number of aromatic nitrogens is 4. The van der Waals surface area contributed by atoms with Gasteiger partial charge in [0.05, 0.1) is 7.11 Å². The first kappa shape index (κ1) is 13.7. The quantitative estimate of drug-likeness (QED) is 0.739. The van der Waals surface area contributed by atoms with Gasteiger partial charge in [-0.2, -0.15) is 10.1 Å². The van der Waals surface area contributed by atoms with E-state index >= 15 is 0 Å². The number of aryl methyl sites for hydroxylation is 1. The van der Waals surface area contributed by atoms with Gasteiger partial charge in [0.2, 0.25) is 5.82 Å². The Balaban J connectivity index is 1.66. The van der Waals surface area contributed by atoms with Crippen LogP contribution in [0.3, 0.4) is 0 Å². The van der Waals surface area contributed by atoms with Crippen LogP contribution in [-0.2, 0) is 6.54 Å². The van der Waals surface area contributed by atoms with Crippen LogP contribution in [0.5, 0.6) is 5.75 Å². The lowest BCUT2D eigenvalue weighted by Crippen LogP contribution is -2.16. The highest BCUT2D eigenvalue weighted by Crippen LogP contribution is 2.25. The normalized spacial score (nSPS) is 13.9. The number of hydrogen-bond acceptors (Lipinski definition) is 6. The molecular formula is C16H14N4O3. The van der Waals surface area contributed by atoms with E-state index in [1.54, 1.807) is 17.9 Å². The number of methoxy groups -OCH3 is 1. The van der Waals surface area contributed by atoms with Gasteiger partial charge in [-0.05, 0) is 30.7 Å². The van der Waals surface area contributed by atoms with Gasteiger partial charge in [-0.25, -0.2) is 0 Å². The minimum Gasteiger partial charge on any atom is -0.497 e. The summed E-state index contributed by atoms with van der Waals surface area (Å²) >= 11 is 0. The lowest BCUT2D eigenvalue weighted by atomic mass is 10.1. The number of nitrogens with zero attached hydrogens (tertiary/aromatic N) is 4. The number of ether oxygens (including phenoxy) is 1. The van der Waals surface area contributed by atoms with Crippen molar-refractivity contribution in [3.05, 3.63) is 36.0 Å². The van der Waals surface area contributed by atoms with Gasteiger partial charge < -0.3 is 9.26 Å². The van der Waals surface area contributed by atoms with Crippen LogP contribution in [0.1, 0.15) is 23.3 Å². The fourth-order valence-electron chi connectivity index (χ4n) is 2.62. The lowest BCUT2D eigenvalue weighted by molar-refractivity contribution is 0.0951. The van der Waals surface area contributed by atoms with E-state index in [1.165, 1.54) is 0 Å². The van der Waals surface area contributed by atoms with Gasteiger partial charge in [-0.3, -0.25) is 9.48 Å². The van der Waals surface area contributed by atoms with Crippen LogP contribution in [0.25, 0.3) is 23.0 Å². The summed E-state index contributed by atoms with van der Waals surface area (Å²) in [6.07, 6.45) is 1.37. The number of ketones is 1. The van der Waals surface area contributed by atoms with Gasteiger partial charge in [0, 0.05) is 24.6 Å². The second-order valence-electron chi connectivity index (χ2n) is 5.32. The van der Waals surface area contributed by atoms with Gasteiger partial charge in [0.25, 0.3) is 5.89 Å². The van der Waals surface area contributed by atoms with Crippen LogP contribution in [-0.4, -0.2) is 32.8 Å². The molecule has 0 bridgehead atoms. The Morgan fingerprint density at radius 3 is 2.83 bits per heavy atom. The van der Waals surface area contributed by atoms with Gasteiger partial charge in [0.1, 0.15) is 11.4 Å². The molecule has 0 atom stereocenters. The molecule has 1 aliphatic rings. The summed E-state index contributed by atoms with van der Waals surface area (Å²) in [7, 11) is 1.61. The summed E-state index contributed by atoms with van der Waals surface area (Å²) in [5.74, 6) is 1.65. The number of hydrogen-bond donors (Lipinski definition) is 0. The zero-order valence-electron chi connectivity index (χ0n) is 12.5. The molecule has 2 aromatic heterocycles. The standard InChI is InChI=1S/C16H14N4O3/c1-22-11-6-4-10(5-7-11)15-17-16(23-19-15)12-9-13-14(21)3-2-8-20(13)18-12/h4-7,9H,2-3,8H2,1H3. The Kier molecular flexibility index (Phi) is 3.18. The van der Waals surface area contributed by atoms with E-state index < -0.39 is 0 Å². The van der Waals surface area contributed by atoms with Crippen molar-refractivity contribution in [1.82, 2.24) is 19.9 Å². The van der Waals surface area contributed by atoms with E-state index in [2.05, 4.69) is 15.2 Å². The zero-order chi connectivity index (χ0) is 15.8. The summed E-state index contributed by atoms with van der Waals surface area (Å²) < 4.78 is 12.1. The van der Waals surface area contributed by atoms with Gasteiger partial charge in [-0.15, -0.1) is 0 Å². The Hall–Kier alpha value is -2.96. The molecule has 0 spiro atoms. The van der Waals surface area contributed by atoms with Crippen LogP contribution < -0.4 is 4.74 Å². The van der Waals surface area contributed by atoms with Crippen LogP contribution in [0.15, 0.2) is 34.9 Å². The zero-order valence-corrected chi connectivity index (χ0v) is 12.5. The number of rotatable bonds is 3. The molecule has 1 aromatic carbocycles. The molecule has 0 amide bonds. The van der Waals surface area contributed by atoms with Crippen molar-refractivity contribution in [3.8, 4) is 28.7 Å². The molecule has 4 rings (SSSR count). The van der Waals surface area contributed by atoms with E-state index in [-0.39, 0.29) is 5.78 Å². The van der Waals surface area contributed by atoms with Crippen molar-refractivity contribution < 1.29 is 14.1 Å². The largest absolute Gasteiger partial charge is 0.497 e. The summed E-state index contributed by atoms with van der Waals surface area (Å²) in [6, 6.07) is 9.09. The van der Waals surface area contributed by atoms with Crippen LogP contribution >= 0.6 is 0 Å². The molecule has 0 radical (unpaired) electrons. The Bertz CT molecular complexity index is 864. The summed E-state index contributed by atoms with van der Waals surface area (Å²) in [6.45, 7) is 0.737. The molecule has 3 heterocycles. The molecule has 0 unspecified atom stereocenters. The smallest absolute Gasteiger partial charge is 0.278 e. The summed E-state index contributed by atoms with van der Waals surface area (Å²) in [5.41, 5.74) is 1.96. The Morgan fingerprint density at radius 2 is 2.09 bits per heavy atom. The van der Waals surface area contributed by atoms with Gasteiger partial charge >= 0.3 is 0 Å². The monoisotopic (exact) mass is 310 g/mol. The maximum absolute atomic E-state index is 11.9. The van der Waals surface area contributed by atoms with Crippen LogP contribution in [0.2, 0.25) is 0 Å². The lowest BCUT2D eigenvalue weighted by Gasteiger charge is -2.10. The first-order valence-electron chi connectivity index (χ1n) is 7.34. The summed E-state index contributed by atoms with van der Waals surface area (Å²) in [4.78, 5) is 16.2. The molecule has 0 aliphatic carbocycles. The summed E-state index contributed by atoms with van der Waals surface area (Å²) in [5, 5.41) is 8.37. The van der Waals surface area contributed by atoms with Gasteiger partial charge in [0.15, 0.2) is 11.5 Å². The molecule has 23 heavy (non-hydrogen) atoms.